The van der Waals surface area contributed by atoms with Gasteiger partial charge < -0.3 is 14.0 Å². The molecule has 1 N–H and O–H groups in total. The first-order valence-electron chi connectivity index (χ1n) is 10.2. The van der Waals surface area contributed by atoms with Crippen molar-refractivity contribution in [3.05, 3.63) is 58.1 Å². The number of thioether (sulfide) groups is 1. The van der Waals surface area contributed by atoms with Crippen molar-refractivity contribution in [3.8, 4) is 22.9 Å². The first-order chi connectivity index (χ1) is 16.4. The maximum Gasteiger partial charge on any atom is 0.269 e. The Balaban J connectivity index is 1.65. The summed E-state index contributed by atoms with van der Waals surface area (Å²) >= 11 is 1.24. The number of hydrogen-bond acceptors (Lipinski definition) is 9. The Kier molecular flexibility index (Phi) is 8.19. The van der Waals surface area contributed by atoms with Crippen LogP contribution in [0.1, 0.15) is 19.4 Å². The summed E-state index contributed by atoms with van der Waals surface area (Å²) in [6.07, 6.45) is 0. The maximum atomic E-state index is 12.3. The fourth-order valence-corrected chi connectivity index (χ4v) is 3.86. The highest BCUT2D eigenvalue weighted by molar-refractivity contribution is 7.99. The SMILES string of the molecule is CCn1c(SCC(=O)NN=C(C)c2ccc([N+](=O)[O-])cc2)nnc1-c1ccc(OC)c(OC)c1. The molecule has 0 saturated heterocycles. The Morgan fingerprint density at radius 2 is 1.85 bits per heavy atom. The number of hydrazone groups is 1. The Morgan fingerprint density at radius 3 is 2.47 bits per heavy atom. The molecule has 0 radical (unpaired) electrons. The average molecular weight is 485 g/mol. The molecule has 3 rings (SSSR count). The molecule has 3 aromatic rings. The zero-order valence-electron chi connectivity index (χ0n) is 19.1. The third kappa shape index (κ3) is 5.70. The molecule has 11 nitrogen and oxygen atoms in total. The molecule has 1 amide bonds. The molecule has 0 saturated carbocycles. The number of carbonyl (C=O) groups excluding carboxylic acids is 1. The van der Waals surface area contributed by atoms with Crippen LogP contribution in [0.3, 0.4) is 0 Å². The van der Waals surface area contributed by atoms with E-state index < -0.39 is 4.92 Å². The number of nitrogens with zero attached hydrogens (tertiary/aromatic N) is 5. The highest BCUT2D eigenvalue weighted by atomic mass is 32.2. The van der Waals surface area contributed by atoms with Gasteiger partial charge in [-0.15, -0.1) is 10.2 Å². The number of amides is 1. The molecule has 0 aliphatic heterocycles. The van der Waals surface area contributed by atoms with Gasteiger partial charge in [0.1, 0.15) is 0 Å². The molecule has 178 valence electrons. The standard InChI is InChI=1S/C22H24N6O5S/c1-5-27-21(16-8-11-18(32-3)19(12-16)33-4)25-26-22(27)34-13-20(29)24-23-14(2)15-6-9-17(10-7-15)28(30)31/h6-12H,5,13H2,1-4H3,(H,24,29). The van der Waals surface area contributed by atoms with Crippen molar-refractivity contribution in [1.29, 1.82) is 0 Å². The zero-order valence-corrected chi connectivity index (χ0v) is 20.0. The van der Waals surface area contributed by atoms with E-state index in [1.807, 2.05) is 23.6 Å². The van der Waals surface area contributed by atoms with Gasteiger partial charge in [0.2, 0.25) is 0 Å². The normalized spacial score (nSPS) is 11.2. The summed E-state index contributed by atoms with van der Waals surface area (Å²) in [5, 5.41) is 24.0. The van der Waals surface area contributed by atoms with E-state index in [9.17, 15) is 14.9 Å². The van der Waals surface area contributed by atoms with Gasteiger partial charge in [-0.2, -0.15) is 5.10 Å². The fraction of sp³-hybridized carbons (Fsp3) is 0.273. The zero-order chi connectivity index (χ0) is 24.7. The van der Waals surface area contributed by atoms with E-state index in [-0.39, 0.29) is 17.3 Å². The molecular weight excluding hydrogens is 460 g/mol. The minimum absolute atomic E-state index is 0.00975. The predicted molar refractivity (Wildman–Crippen MR) is 128 cm³/mol. The van der Waals surface area contributed by atoms with Gasteiger partial charge in [0.05, 0.1) is 30.6 Å². The minimum Gasteiger partial charge on any atom is -0.493 e. The third-order valence-electron chi connectivity index (χ3n) is 4.85. The molecule has 0 aliphatic rings. The maximum absolute atomic E-state index is 12.3. The molecule has 0 bridgehead atoms. The van der Waals surface area contributed by atoms with Crippen molar-refractivity contribution >= 4 is 29.1 Å². The molecule has 12 heteroatoms. The second-order valence-electron chi connectivity index (χ2n) is 6.95. The first kappa shape index (κ1) is 24.7. The number of benzene rings is 2. The molecule has 34 heavy (non-hydrogen) atoms. The van der Waals surface area contributed by atoms with E-state index in [4.69, 9.17) is 9.47 Å². The van der Waals surface area contributed by atoms with Crippen LogP contribution in [-0.4, -0.2) is 51.3 Å². The molecule has 1 heterocycles. The molecular formula is C22H24N6O5S. The van der Waals surface area contributed by atoms with Crippen LogP contribution >= 0.6 is 11.8 Å². The van der Waals surface area contributed by atoms with Gasteiger partial charge in [-0.3, -0.25) is 14.9 Å². The van der Waals surface area contributed by atoms with Crippen LogP contribution < -0.4 is 14.9 Å². The van der Waals surface area contributed by atoms with Crippen LogP contribution in [0.4, 0.5) is 5.69 Å². The van der Waals surface area contributed by atoms with E-state index >= 15 is 0 Å². The first-order valence-corrected chi connectivity index (χ1v) is 11.2. The topological polar surface area (TPSA) is 134 Å². The van der Waals surface area contributed by atoms with E-state index in [1.54, 1.807) is 39.3 Å². The molecule has 0 atom stereocenters. The molecule has 0 spiro atoms. The lowest BCUT2D eigenvalue weighted by Crippen LogP contribution is -2.21. The Labute approximate surface area is 200 Å². The van der Waals surface area contributed by atoms with Gasteiger partial charge in [-0.25, -0.2) is 5.43 Å². The number of carbonyl (C=O) groups is 1. The number of hydrogen-bond donors (Lipinski definition) is 1. The average Bonchev–Trinajstić information content (AvgIpc) is 3.28. The highest BCUT2D eigenvalue weighted by Crippen LogP contribution is 2.32. The summed E-state index contributed by atoms with van der Waals surface area (Å²) in [6.45, 7) is 4.28. The molecule has 0 aliphatic carbocycles. The monoisotopic (exact) mass is 484 g/mol. The number of nitro groups is 1. The van der Waals surface area contributed by atoms with Gasteiger partial charge in [-0.1, -0.05) is 11.8 Å². The second kappa shape index (κ2) is 11.3. The van der Waals surface area contributed by atoms with Gasteiger partial charge >= 0.3 is 0 Å². The number of nitrogens with one attached hydrogen (secondary N) is 1. The number of rotatable bonds is 10. The molecule has 0 fully saturated rings. The number of aromatic nitrogens is 3. The summed E-state index contributed by atoms with van der Waals surface area (Å²) < 4.78 is 12.6. The summed E-state index contributed by atoms with van der Waals surface area (Å²) in [7, 11) is 3.14. The van der Waals surface area contributed by atoms with Crippen molar-refractivity contribution in [3.63, 3.8) is 0 Å². The van der Waals surface area contributed by atoms with E-state index in [2.05, 4.69) is 20.7 Å². The lowest BCUT2D eigenvalue weighted by molar-refractivity contribution is -0.384. The largest absolute Gasteiger partial charge is 0.493 e. The van der Waals surface area contributed by atoms with E-state index in [0.29, 0.717) is 40.3 Å². The minimum atomic E-state index is -0.471. The summed E-state index contributed by atoms with van der Waals surface area (Å²) in [5.74, 6) is 1.62. The van der Waals surface area contributed by atoms with Crippen LogP contribution in [0.25, 0.3) is 11.4 Å². The van der Waals surface area contributed by atoms with Crippen molar-refractivity contribution in [1.82, 2.24) is 20.2 Å². The second-order valence-corrected chi connectivity index (χ2v) is 7.89. The number of ether oxygens (including phenoxy) is 2. The number of non-ortho nitro benzene ring substituents is 1. The summed E-state index contributed by atoms with van der Waals surface area (Å²) in [6, 6.07) is 11.4. The Bertz CT molecular complexity index is 1210. The van der Waals surface area contributed by atoms with Gasteiger partial charge in [0.25, 0.3) is 11.6 Å². The highest BCUT2D eigenvalue weighted by Gasteiger charge is 2.16. The molecule has 1 aromatic heterocycles. The predicted octanol–water partition coefficient (Wildman–Crippen LogP) is 3.52. The lowest BCUT2D eigenvalue weighted by Gasteiger charge is -2.10. The third-order valence-corrected chi connectivity index (χ3v) is 5.82. The van der Waals surface area contributed by atoms with Gasteiger partial charge in [0, 0.05) is 24.2 Å². The quantitative estimate of drug-likeness (QED) is 0.200. The van der Waals surface area contributed by atoms with Crippen molar-refractivity contribution < 1.29 is 19.2 Å². The van der Waals surface area contributed by atoms with Crippen LogP contribution in [-0.2, 0) is 11.3 Å². The lowest BCUT2D eigenvalue weighted by atomic mass is 10.1. The van der Waals surface area contributed by atoms with Crippen LogP contribution in [0.15, 0.2) is 52.7 Å². The summed E-state index contributed by atoms with van der Waals surface area (Å²) in [5.41, 5.74) is 4.50. The van der Waals surface area contributed by atoms with Crippen LogP contribution in [0.2, 0.25) is 0 Å². The van der Waals surface area contributed by atoms with Crippen molar-refractivity contribution in [2.75, 3.05) is 20.0 Å². The number of nitro benzene ring substituents is 1. The van der Waals surface area contributed by atoms with Gasteiger partial charge in [0.15, 0.2) is 22.5 Å². The molecule has 2 aromatic carbocycles. The van der Waals surface area contributed by atoms with Crippen LogP contribution in [0, 0.1) is 10.1 Å². The Hall–Kier alpha value is -3.93. The van der Waals surface area contributed by atoms with Crippen molar-refractivity contribution in [2.24, 2.45) is 5.10 Å². The Morgan fingerprint density at radius 1 is 1.15 bits per heavy atom. The summed E-state index contributed by atoms with van der Waals surface area (Å²) in [4.78, 5) is 22.6. The number of methoxy groups -OCH3 is 2. The smallest absolute Gasteiger partial charge is 0.269 e. The van der Waals surface area contributed by atoms with Gasteiger partial charge in [-0.05, 0) is 49.7 Å². The van der Waals surface area contributed by atoms with Crippen LogP contribution in [0.5, 0.6) is 11.5 Å². The fourth-order valence-electron chi connectivity index (χ4n) is 3.07. The van der Waals surface area contributed by atoms with E-state index in [0.717, 1.165) is 5.56 Å². The van der Waals surface area contributed by atoms with Crippen molar-refractivity contribution in [2.45, 2.75) is 25.5 Å². The van der Waals surface area contributed by atoms with E-state index in [1.165, 1.54) is 23.9 Å². The molecule has 0 unspecified atom stereocenters.